The fourth-order valence-corrected chi connectivity index (χ4v) is 2.02. The van der Waals surface area contributed by atoms with Crippen molar-refractivity contribution in [2.24, 2.45) is 0 Å². The van der Waals surface area contributed by atoms with Gasteiger partial charge < -0.3 is 10.8 Å². The number of alkyl halides is 3. The van der Waals surface area contributed by atoms with E-state index in [0.29, 0.717) is 0 Å². The van der Waals surface area contributed by atoms with Crippen molar-refractivity contribution in [1.29, 1.82) is 0 Å². The second kappa shape index (κ2) is 5.51. The molecule has 0 unspecified atom stereocenters. The Labute approximate surface area is 123 Å². The summed E-state index contributed by atoms with van der Waals surface area (Å²) in [4.78, 5) is 23.3. The molecule has 2 aromatic carbocycles. The maximum absolute atomic E-state index is 13.0. The summed E-state index contributed by atoms with van der Waals surface area (Å²) in [6.45, 7) is 0. The van der Waals surface area contributed by atoms with Crippen LogP contribution < -0.4 is 5.73 Å². The number of carbonyl (C=O) groups excluding carboxylic acids is 1. The summed E-state index contributed by atoms with van der Waals surface area (Å²) in [7, 11) is 0. The number of para-hydroxylation sites is 1. The molecule has 0 aromatic heterocycles. The number of nitrogen functional groups attached to an aromatic ring is 1. The summed E-state index contributed by atoms with van der Waals surface area (Å²) < 4.78 is 38.9. The predicted molar refractivity (Wildman–Crippen MR) is 72.7 cm³/mol. The monoisotopic (exact) mass is 309 g/mol. The van der Waals surface area contributed by atoms with Crippen LogP contribution in [-0.2, 0) is 6.18 Å². The van der Waals surface area contributed by atoms with Gasteiger partial charge in [-0.25, -0.2) is 4.79 Å². The quantitative estimate of drug-likeness (QED) is 0.674. The van der Waals surface area contributed by atoms with Gasteiger partial charge in [0.05, 0.1) is 16.8 Å². The molecule has 0 bridgehead atoms. The van der Waals surface area contributed by atoms with Crippen molar-refractivity contribution in [2.75, 3.05) is 5.73 Å². The molecular weight excluding hydrogens is 299 g/mol. The maximum Gasteiger partial charge on any atom is 0.417 e. The number of carboxylic acid groups (broad SMARTS) is 1. The molecule has 0 amide bonds. The van der Waals surface area contributed by atoms with Crippen LogP contribution in [0.4, 0.5) is 18.9 Å². The lowest BCUT2D eigenvalue weighted by molar-refractivity contribution is -0.137. The number of hydrogen-bond donors (Lipinski definition) is 2. The van der Waals surface area contributed by atoms with Crippen LogP contribution in [0.15, 0.2) is 42.5 Å². The third-order valence-electron chi connectivity index (χ3n) is 3.06. The first kappa shape index (κ1) is 15.6. The highest BCUT2D eigenvalue weighted by atomic mass is 19.4. The maximum atomic E-state index is 13.0. The van der Waals surface area contributed by atoms with Crippen LogP contribution in [0.5, 0.6) is 0 Å². The SMILES string of the molecule is Nc1c(C(=O)O)cccc1C(=O)c1ccccc1C(F)(F)F. The van der Waals surface area contributed by atoms with Crippen molar-refractivity contribution >= 4 is 17.4 Å². The van der Waals surface area contributed by atoms with Gasteiger partial charge in [-0.05, 0) is 18.2 Å². The van der Waals surface area contributed by atoms with E-state index >= 15 is 0 Å². The van der Waals surface area contributed by atoms with Crippen molar-refractivity contribution < 1.29 is 27.9 Å². The van der Waals surface area contributed by atoms with E-state index in [9.17, 15) is 22.8 Å². The Morgan fingerprint density at radius 2 is 1.45 bits per heavy atom. The van der Waals surface area contributed by atoms with Crippen LogP contribution in [0.3, 0.4) is 0 Å². The van der Waals surface area contributed by atoms with Crippen LogP contribution >= 0.6 is 0 Å². The second-order valence-electron chi connectivity index (χ2n) is 4.44. The minimum absolute atomic E-state index is 0.281. The van der Waals surface area contributed by atoms with Gasteiger partial charge in [0, 0.05) is 11.1 Å². The van der Waals surface area contributed by atoms with Gasteiger partial charge in [0.2, 0.25) is 0 Å². The molecule has 4 nitrogen and oxygen atoms in total. The van der Waals surface area contributed by atoms with E-state index in [4.69, 9.17) is 10.8 Å². The van der Waals surface area contributed by atoms with Gasteiger partial charge in [-0.15, -0.1) is 0 Å². The molecule has 3 N–H and O–H groups in total. The number of ketones is 1. The molecule has 0 fully saturated rings. The number of aromatic carboxylic acids is 1. The number of rotatable bonds is 3. The number of benzene rings is 2. The summed E-state index contributed by atoms with van der Waals surface area (Å²) in [6.07, 6.45) is -4.70. The number of hydrogen-bond acceptors (Lipinski definition) is 3. The Morgan fingerprint density at radius 1 is 0.909 bits per heavy atom. The highest BCUT2D eigenvalue weighted by Crippen LogP contribution is 2.33. The van der Waals surface area contributed by atoms with Gasteiger partial charge in [0.25, 0.3) is 0 Å². The smallest absolute Gasteiger partial charge is 0.417 e. The normalized spacial score (nSPS) is 11.2. The van der Waals surface area contributed by atoms with Crippen molar-refractivity contribution in [3.8, 4) is 0 Å². The first-order valence-electron chi connectivity index (χ1n) is 6.06. The molecule has 2 rings (SSSR count). The zero-order valence-corrected chi connectivity index (χ0v) is 11.0. The van der Waals surface area contributed by atoms with Gasteiger partial charge >= 0.3 is 12.1 Å². The van der Waals surface area contributed by atoms with Crippen LogP contribution in [0.2, 0.25) is 0 Å². The van der Waals surface area contributed by atoms with Gasteiger partial charge in [-0.1, -0.05) is 24.3 Å². The van der Waals surface area contributed by atoms with E-state index < -0.39 is 29.1 Å². The standard InChI is InChI=1S/C15H10F3NO3/c16-15(17,18)11-7-2-1-4-8(11)13(20)9-5-3-6-10(12(9)19)14(21)22/h1-7H,19H2,(H,21,22). The lowest BCUT2D eigenvalue weighted by Gasteiger charge is -2.13. The molecule has 0 saturated heterocycles. The first-order chi connectivity index (χ1) is 10.2. The fourth-order valence-electron chi connectivity index (χ4n) is 2.02. The second-order valence-corrected chi connectivity index (χ2v) is 4.44. The molecule has 0 atom stereocenters. The molecule has 7 heteroatoms. The zero-order chi connectivity index (χ0) is 16.5. The molecular formula is C15H10F3NO3. The van der Waals surface area contributed by atoms with Crippen LogP contribution in [0.1, 0.15) is 31.8 Å². The van der Waals surface area contributed by atoms with Gasteiger partial charge in [-0.3, -0.25) is 4.79 Å². The Bertz CT molecular complexity index is 754. The molecule has 0 aliphatic rings. The number of carboxylic acids is 1. The third kappa shape index (κ3) is 2.78. The van der Waals surface area contributed by atoms with Crippen molar-refractivity contribution in [3.05, 3.63) is 64.7 Å². The van der Waals surface area contributed by atoms with E-state index in [-0.39, 0.29) is 16.8 Å². The topological polar surface area (TPSA) is 80.4 Å². The molecule has 0 spiro atoms. The van der Waals surface area contributed by atoms with Crippen LogP contribution in [-0.4, -0.2) is 16.9 Å². The minimum atomic E-state index is -4.70. The first-order valence-corrected chi connectivity index (χ1v) is 6.06. The van der Waals surface area contributed by atoms with Crippen molar-refractivity contribution in [1.82, 2.24) is 0 Å². The minimum Gasteiger partial charge on any atom is -0.478 e. The lowest BCUT2D eigenvalue weighted by Crippen LogP contribution is -2.16. The zero-order valence-electron chi connectivity index (χ0n) is 11.0. The number of carbonyl (C=O) groups is 2. The van der Waals surface area contributed by atoms with E-state index in [0.717, 1.165) is 18.2 Å². The molecule has 22 heavy (non-hydrogen) atoms. The number of anilines is 1. The van der Waals surface area contributed by atoms with E-state index in [2.05, 4.69) is 0 Å². The molecule has 0 radical (unpaired) electrons. The van der Waals surface area contributed by atoms with E-state index in [1.807, 2.05) is 0 Å². The van der Waals surface area contributed by atoms with E-state index in [1.165, 1.54) is 24.3 Å². The molecule has 2 aromatic rings. The highest BCUT2D eigenvalue weighted by Gasteiger charge is 2.35. The summed E-state index contributed by atoms with van der Waals surface area (Å²) in [5.74, 6) is -2.34. The summed E-state index contributed by atoms with van der Waals surface area (Å²) in [5.41, 5.74) is 2.94. The van der Waals surface area contributed by atoms with Gasteiger partial charge in [0.15, 0.2) is 5.78 Å². The molecule has 114 valence electrons. The Balaban J connectivity index is 2.60. The largest absolute Gasteiger partial charge is 0.478 e. The highest BCUT2D eigenvalue weighted by molar-refractivity contribution is 6.15. The molecule has 0 saturated carbocycles. The molecule has 0 aliphatic heterocycles. The van der Waals surface area contributed by atoms with Gasteiger partial charge in [-0.2, -0.15) is 13.2 Å². The van der Waals surface area contributed by atoms with E-state index in [1.54, 1.807) is 0 Å². The Hall–Kier alpha value is -2.83. The van der Waals surface area contributed by atoms with Crippen LogP contribution in [0, 0.1) is 0 Å². The fraction of sp³-hybridized carbons (Fsp3) is 0.0667. The Kier molecular flexibility index (Phi) is 3.90. The predicted octanol–water partition coefficient (Wildman–Crippen LogP) is 3.22. The summed E-state index contributed by atoms with van der Waals surface area (Å²) in [5, 5.41) is 8.95. The average Bonchev–Trinajstić information content (AvgIpc) is 2.45. The summed E-state index contributed by atoms with van der Waals surface area (Å²) >= 11 is 0. The van der Waals surface area contributed by atoms with Crippen molar-refractivity contribution in [3.63, 3.8) is 0 Å². The lowest BCUT2D eigenvalue weighted by atomic mass is 9.95. The van der Waals surface area contributed by atoms with Crippen molar-refractivity contribution in [2.45, 2.75) is 6.18 Å². The molecule has 0 heterocycles. The molecule has 0 aliphatic carbocycles. The summed E-state index contributed by atoms with van der Waals surface area (Å²) in [6, 6.07) is 7.88. The Morgan fingerprint density at radius 3 is 2.05 bits per heavy atom. The van der Waals surface area contributed by atoms with Crippen LogP contribution in [0.25, 0.3) is 0 Å². The number of nitrogens with two attached hydrogens (primary N) is 1. The number of halogens is 3. The third-order valence-corrected chi connectivity index (χ3v) is 3.06. The average molecular weight is 309 g/mol. The van der Waals surface area contributed by atoms with Gasteiger partial charge in [0.1, 0.15) is 0 Å².